The quantitative estimate of drug-likeness (QED) is 0.437. The van der Waals surface area contributed by atoms with Crippen molar-refractivity contribution in [1.82, 2.24) is 19.0 Å². The SMILES string of the molecule is COCCn1c(-c2nc3cc(C(=O)N4CCC[C@@H](N)C4)cc(OC)c3n2C)cc2ccccc21.Cl. The minimum absolute atomic E-state index is 0. The summed E-state index contributed by atoms with van der Waals surface area (Å²) >= 11 is 0. The van der Waals surface area contributed by atoms with Crippen molar-refractivity contribution in [2.24, 2.45) is 12.8 Å². The summed E-state index contributed by atoms with van der Waals surface area (Å²) < 4.78 is 15.4. The molecule has 2 aromatic carbocycles. The van der Waals surface area contributed by atoms with Crippen LogP contribution in [0.5, 0.6) is 5.75 Å². The van der Waals surface area contributed by atoms with E-state index in [0.717, 1.165) is 52.8 Å². The number of aromatic nitrogens is 3. The van der Waals surface area contributed by atoms with Crippen molar-refractivity contribution in [1.29, 1.82) is 0 Å². The molecule has 1 aliphatic rings. The lowest BCUT2D eigenvalue weighted by atomic mass is 10.0. The van der Waals surface area contributed by atoms with Crippen molar-refractivity contribution >= 4 is 40.3 Å². The summed E-state index contributed by atoms with van der Waals surface area (Å²) in [7, 11) is 5.32. The van der Waals surface area contributed by atoms with Crippen molar-refractivity contribution in [3.8, 4) is 17.3 Å². The lowest BCUT2D eigenvalue weighted by Crippen LogP contribution is -2.45. The zero-order valence-corrected chi connectivity index (χ0v) is 21.2. The van der Waals surface area contributed by atoms with Crippen molar-refractivity contribution < 1.29 is 14.3 Å². The third-order valence-corrected chi connectivity index (χ3v) is 6.70. The van der Waals surface area contributed by atoms with E-state index in [1.807, 2.05) is 40.8 Å². The largest absolute Gasteiger partial charge is 0.494 e. The molecule has 2 N–H and O–H groups in total. The van der Waals surface area contributed by atoms with Crippen LogP contribution in [0.2, 0.25) is 0 Å². The monoisotopic (exact) mass is 497 g/mol. The molecule has 186 valence electrons. The number of carbonyl (C=O) groups excluding carboxylic acids is 1. The van der Waals surface area contributed by atoms with Gasteiger partial charge in [0.1, 0.15) is 11.3 Å². The molecule has 2 aromatic heterocycles. The second-order valence-electron chi connectivity index (χ2n) is 8.93. The van der Waals surface area contributed by atoms with E-state index in [0.29, 0.717) is 31.0 Å². The molecule has 0 saturated carbocycles. The Labute approximate surface area is 211 Å². The van der Waals surface area contributed by atoms with E-state index in [1.165, 1.54) is 0 Å². The number of rotatable bonds is 6. The Bertz CT molecular complexity index is 1360. The minimum Gasteiger partial charge on any atom is -0.494 e. The third kappa shape index (κ3) is 4.49. The average molecular weight is 498 g/mol. The van der Waals surface area contributed by atoms with E-state index in [2.05, 4.69) is 22.8 Å². The number of imidazole rings is 1. The maximum Gasteiger partial charge on any atom is 0.254 e. The molecule has 4 aromatic rings. The van der Waals surface area contributed by atoms with Crippen molar-refractivity contribution in [3.05, 3.63) is 48.0 Å². The number of benzene rings is 2. The number of para-hydroxylation sites is 1. The van der Waals surface area contributed by atoms with Crippen molar-refractivity contribution in [2.45, 2.75) is 25.4 Å². The highest BCUT2D eigenvalue weighted by Crippen LogP contribution is 2.34. The Morgan fingerprint density at radius 1 is 1.20 bits per heavy atom. The number of halogens is 1. The van der Waals surface area contributed by atoms with Crippen LogP contribution in [-0.4, -0.2) is 64.9 Å². The molecule has 8 nitrogen and oxygen atoms in total. The molecule has 5 rings (SSSR count). The second-order valence-corrected chi connectivity index (χ2v) is 8.93. The Kier molecular flexibility index (Phi) is 7.35. The van der Waals surface area contributed by atoms with Crippen LogP contribution in [-0.2, 0) is 18.3 Å². The van der Waals surface area contributed by atoms with E-state index < -0.39 is 0 Å². The first-order valence-electron chi connectivity index (χ1n) is 11.7. The van der Waals surface area contributed by atoms with Crippen LogP contribution in [0.1, 0.15) is 23.2 Å². The zero-order valence-electron chi connectivity index (χ0n) is 20.4. The van der Waals surface area contributed by atoms with Gasteiger partial charge in [0.15, 0.2) is 5.82 Å². The van der Waals surface area contributed by atoms with Crippen LogP contribution in [0.3, 0.4) is 0 Å². The third-order valence-electron chi connectivity index (χ3n) is 6.70. The fraction of sp³-hybridized carbons (Fsp3) is 0.385. The number of nitrogens with zero attached hydrogens (tertiary/aromatic N) is 4. The number of piperidine rings is 1. The summed E-state index contributed by atoms with van der Waals surface area (Å²) in [5.74, 6) is 1.41. The summed E-state index contributed by atoms with van der Waals surface area (Å²) in [6, 6.07) is 14.2. The van der Waals surface area contributed by atoms with E-state index in [-0.39, 0.29) is 24.4 Å². The van der Waals surface area contributed by atoms with Gasteiger partial charge in [-0.25, -0.2) is 4.98 Å². The van der Waals surface area contributed by atoms with Gasteiger partial charge in [-0.2, -0.15) is 0 Å². The topological polar surface area (TPSA) is 87.5 Å². The number of likely N-dealkylation sites (tertiary alicyclic amines) is 1. The van der Waals surface area contributed by atoms with Gasteiger partial charge in [0.05, 0.1) is 24.9 Å². The molecule has 9 heteroatoms. The highest BCUT2D eigenvalue weighted by Gasteiger charge is 2.25. The van der Waals surface area contributed by atoms with Crippen molar-refractivity contribution in [3.63, 3.8) is 0 Å². The average Bonchev–Trinajstić information content (AvgIpc) is 3.38. The van der Waals surface area contributed by atoms with Gasteiger partial charge in [0, 0.05) is 56.3 Å². The Morgan fingerprint density at radius 3 is 2.74 bits per heavy atom. The number of amides is 1. The van der Waals surface area contributed by atoms with E-state index in [9.17, 15) is 4.79 Å². The summed E-state index contributed by atoms with van der Waals surface area (Å²) in [5, 5.41) is 1.14. The molecular weight excluding hydrogens is 466 g/mol. The Hall–Kier alpha value is -3.07. The van der Waals surface area contributed by atoms with Crippen LogP contribution < -0.4 is 10.5 Å². The standard InChI is InChI=1S/C26H31N5O3.ClH/c1-29-24-20(13-18(15-23(24)34-3)26(32)30-10-6-8-19(27)16-30)28-25(29)22-14-17-7-4-5-9-21(17)31(22)11-12-33-2;/h4-5,7,9,13-15,19H,6,8,10-12,16,27H2,1-3H3;1H/t19-;/m1./s1. The lowest BCUT2D eigenvalue weighted by Gasteiger charge is -2.30. The van der Waals surface area contributed by atoms with E-state index >= 15 is 0 Å². The normalized spacial score (nSPS) is 16.0. The zero-order chi connectivity index (χ0) is 23.8. The molecule has 0 unspecified atom stereocenters. The number of fused-ring (bicyclic) bond motifs is 2. The number of methoxy groups -OCH3 is 2. The number of hydrogen-bond acceptors (Lipinski definition) is 5. The number of ether oxygens (including phenoxy) is 2. The minimum atomic E-state index is -0.0308. The lowest BCUT2D eigenvalue weighted by molar-refractivity contribution is 0.0708. The second kappa shape index (κ2) is 10.3. The maximum atomic E-state index is 13.3. The van der Waals surface area contributed by atoms with Gasteiger partial charge >= 0.3 is 0 Å². The van der Waals surface area contributed by atoms with E-state index in [1.54, 1.807) is 14.2 Å². The molecule has 1 aliphatic heterocycles. The molecule has 0 bridgehead atoms. The first-order chi connectivity index (χ1) is 16.5. The summed E-state index contributed by atoms with van der Waals surface area (Å²) in [4.78, 5) is 20.1. The fourth-order valence-electron chi connectivity index (χ4n) is 5.01. The fourth-order valence-corrected chi connectivity index (χ4v) is 5.01. The van der Waals surface area contributed by atoms with Gasteiger partial charge in [0.2, 0.25) is 0 Å². The van der Waals surface area contributed by atoms with Crippen molar-refractivity contribution in [2.75, 3.05) is 33.9 Å². The Morgan fingerprint density at radius 2 is 2.00 bits per heavy atom. The molecule has 1 fully saturated rings. The number of aryl methyl sites for hydroxylation is 1. The maximum absolute atomic E-state index is 13.3. The predicted molar refractivity (Wildman–Crippen MR) is 140 cm³/mol. The molecule has 0 spiro atoms. The first-order valence-corrected chi connectivity index (χ1v) is 11.7. The molecule has 1 amide bonds. The van der Waals surface area contributed by atoms with Gasteiger partial charge in [-0.05, 0) is 37.1 Å². The van der Waals surface area contributed by atoms with Crippen LogP contribution in [0.4, 0.5) is 0 Å². The summed E-state index contributed by atoms with van der Waals surface area (Å²) in [6.45, 7) is 2.60. The smallest absolute Gasteiger partial charge is 0.254 e. The van der Waals surface area contributed by atoms with Crippen LogP contribution in [0.25, 0.3) is 33.5 Å². The van der Waals surface area contributed by atoms with Gasteiger partial charge < -0.3 is 29.2 Å². The highest BCUT2D eigenvalue weighted by molar-refractivity contribution is 6.00. The van der Waals surface area contributed by atoms with Gasteiger partial charge in [0.25, 0.3) is 5.91 Å². The van der Waals surface area contributed by atoms with Crippen LogP contribution in [0, 0.1) is 0 Å². The first kappa shape index (κ1) is 25.0. The molecule has 1 atom stereocenters. The molecule has 35 heavy (non-hydrogen) atoms. The number of nitrogens with two attached hydrogens (primary N) is 1. The summed E-state index contributed by atoms with van der Waals surface area (Å²) in [6.07, 6.45) is 1.87. The molecule has 0 aliphatic carbocycles. The molecule has 3 heterocycles. The van der Waals surface area contributed by atoms with Gasteiger partial charge in [-0.1, -0.05) is 18.2 Å². The highest BCUT2D eigenvalue weighted by atomic mass is 35.5. The van der Waals surface area contributed by atoms with Crippen LogP contribution in [0.15, 0.2) is 42.5 Å². The molecule has 1 saturated heterocycles. The van der Waals surface area contributed by atoms with Gasteiger partial charge in [-0.3, -0.25) is 4.79 Å². The summed E-state index contributed by atoms with van der Waals surface area (Å²) in [5.41, 5.74) is 10.4. The van der Waals surface area contributed by atoms with Crippen LogP contribution >= 0.6 is 12.4 Å². The predicted octanol–water partition coefficient (Wildman–Crippen LogP) is 3.84. The molecular formula is C26H32ClN5O3. The molecule has 0 radical (unpaired) electrons. The van der Waals surface area contributed by atoms with E-state index in [4.69, 9.17) is 20.2 Å². The van der Waals surface area contributed by atoms with Gasteiger partial charge in [-0.15, -0.1) is 12.4 Å². The number of hydrogen-bond donors (Lipinski definition) is 1. The number of carbonyl (C=O) groups is 1. The Balaban J connectivity index is 0.00000289.